The first kappa shape index (κ1) is 17.2. The van der Waals surface area contributed by atoms with Gasteiger partial charge in [0, 0.05) is 11.6 Å². The summed E-state index contributed by atoms with van der Waals surface area (Å²) in [7, 11) is 2.90. The molecule has 0 aliphatic heterocycles. The van der Waals surface area contributed by atoms with E-state index in [9.17, 15) is 9.59 Å². The number of hydrogen-bond donors (Lipinski definition) is 2. The first-order chi connectivity index (χ1) is 12.6. The lowest BCUT2D eigenvalue weighted by Gasteiger charge is -2.03. The minimum atomic E-state index is -0.395. The second-order valence-corrected chi connectivity index (χ2v) is 5.42. The number of aromatic amines is 1. The van der Waals surface area contributed by atoms with Crippen molar-refractivity contribution in [3.63, 3.8) is 0 Å². The van der Waals surface area contributed by atoms with Gasteiger partial charge in [-0.05, 0) is 42.0 Å². The average molecular weight is 351 g/mol. The lowest BCUT2D eigenvalue weighted by Crippen LogP contribution is -2.11. The number of carbonyl (C=O) groups excluding carboxylic acids is 2. The fourth-order valence-electron chi connectivity index (χ4n) is 2.37. The quantitative estimate of drug-likeness (QED) is 0.689. The summed E-state index contributed by atoms with van der Waals surface area (Å²) in [6, 6.07) is 15.4. The Kier molecular flexibility index (Phi) is 4.98. The van der Waals surface area contributed by atoms with Crippen molar-refractivity contribution in [3.05, 3.63) is 65.7 Å². The highest BCUT2D eigenvalue weighted by molar-refractivity contribution is 6.04. The maximum absolute atomic E-state index is 12.3. The van der Waals surface area contributed by atoms with Gasteiger partial charge in [0.25, 0.3) is 5.91 Å². The van der Waals surface area contributed by atoms with E-state index in [1.165, 1.54) is 7.11 Å². The molecule has 1 heterocycles. The summed E-state index contributed by atoms with van der Waals surface area (Å²) in [5.41, 5.74) is 2.50. The van der Waals surface area contributed by atoms with Crippen LogP contribution in [-0.4, -0.2) is 36.3 Å². The number of methoxy groups -OCH3 is 2. The van der Waals surface area contributed by atoms with Gasteiger partial charge in [0.1, 0.15) is 5.75 Å². The third-order valence-electron chi connectivity index (χ3n) is 3.79. The van der Waals surface area contributed by atoms with Crippen LogP contribution in [0, 0.1) is 0 Å². The molecule has 3 aromatic rings. The molecule has 1 amide bonds. The lowest BCUT2D eigenvalue weighted by molar-refractivity contribution is 0.0600. The van der Waals surface area contributed by atoms with Crippen molar-refractivity contribution in [2.24, 2.45) is 0 Å². The molecule has 0 bridgehead atoms. The molecule has 0 spiro atoms. The highest BCUT2D eigenvalue weighted by atomic mass is 16.5. The molecule has 0 saturated heterocycles. The minimum Gasteiger partial charge on any atom is -0.497 e. The van der Waals surface area contributed by atoms with E-state index in [0.29, 0.717) is 28.4 Å². The molecule has 0 atom stereocenters. The Balaban J connectivity index is 1.71. The monoisotopic (exact) mass is 351 g/mol. The Morgan fingerprint density at radius 3 is 2.23 bits per heavy atom. The van der Waals surface area contributed by atoms with Crippen LogP contribution in [-0.2, 0) is 4.74 Å². The second-order valence-electron chi connectivity index (χ2n) is 5.42. The molecule has 7 nitrogen and oxygen atoms in total. The number of carbonyl (C=O) groups is 2. The fourth-order valence-corrected chi connectivity index (χ4v) is 2.37. The van der Waals surface area contributed by atoms with Crippen LogP contribution in [0.3, 0.4) is 0 Å². The highest BCUT2D eigenvalue weighted by Crippen LogP contribution is 2.21. The van der Waals surface area contributed by atoms with E-state index < -0.39 is 5.97 Å². The highest BCUT2D eigenvalue weighted by Gasteiger charge is 2.11. The number of nitrogens with one attached hydrogen (secondary N) is 2. The molecule has 0 radical (unpaired) electrons. The minimum absolute atomic E-state index is 0.272. The Labute approximate surface area is 150 Å². The van der Waals surface area contributed by atoms with Gasteiger partial charge in [-0.3, -0.25) is 9.89 Å². The zero-order valence-corrected chi connectivity index (χ0v) is 14.3. The standard InChI is InChI=1S/C19H17N3O4/c1-25-15-9-7-13(8-10-15)18(23)20-17-11-16(21-22-17)12-3-5-14(6-4-12)19(24)26-2/h3-11H,1-2H3,(H2,20,21,22,23). The molecule has 0 aliphatic rings. The lowest BCUT2D eigenvalue weighted by atomic mass is 10.1. The van der Waals surface area contributed by atoms with E-state index in [0.717, 1.165) is 5.56 Å². The van der Waals surface area contributed by atoms with E-state index in [2.05, 4.69) is 20.3 Å². The van der Waals surface area contributed by atoms with Crippen LogP contribution < -0.4 is 10.1 Å². The van der Waals surface area contributed by atoms with Gasteiger partial charge in [-0.15, -0.1) is 0 Å². The normalized spacial score (nSPS) is 10.2. The summed E-state index contributed by atoms with van der Waals surface area (Å²) >= 11 is 0. The fraction of sp³-hybridized carbons (Fsp3) is 0.105. The van der Waals surface area contributed by atoms with Gasteiger partial charge in [-0.2, -0.15) is 5.10 Å². The molecule has 7 heteroatoms. The maximum Gasteiger partial charge on any atom is 0.337 e. The topological polar surface area (TPSA) is 93.3 Å². The number of esters is 1. The first-order valence-corrected chi connectivity index (χ1v) is 7.80. The zero-order chi connectivity index (χ0) is 18.5. The Bertz CT molecular complexity index is 915. The van der Waals surface area contributed by atoms with Crippen molar-refractivity contribution in [1.29, 1.82) is 0 Å². The largest absolute Gasteiger partial charge is 0.497 e. The second kappa shape index (κ2) is 7.52. The number of ether oxygens (including phenoxy) is 2. The summed E-state index contributed by atoms with van der Waals surface area (Å²) in [6.07, 6.45) is 0. The molecule has 0 unspecified atom stereocenters. The number of benzene rings is 2. The van der Waals surface area contributed by atoms with Crippen LogP contribution in [0.5, 0.6) is 5.75 Å². The molecule has 2 aromatic carbocycles. The van der Waals surface area contributed by atoms with E-state index >= 15 is 0 Å². The van der Waals surface area contributed by atoms with Crippen molar-refractivity contribution in [1.82, 2.24) is 10.2 Å². The molecule has 2 N–H and O–H groups in total. The molecule has 3 rings (SSSR count). The Morgan fingerprint density at radius 1 is 0.962 bits per heavy atom. The van der Waals surface area contributed by atoms with Crippen molar-refractivity contribution in [2.75, 3.05) is 19.5 Å². The van der Waals surface area contributed by atoms with Gasteiger partial charge in [0.15, 0.2) is 5.82 Å². The Morgan fingerprint density at radius 2 is 1.62 bits per heavy atom. The van der Waals surface area contributed by atoms with E-state index in [-0.39, 0.29) is 5.91 Å². The van der Waals surface area contributed by atoms with E-state index in [1.807, 2.05) is 0 Å². The molecule has 0 saturated carbocycles. The van der Waals surface area contributed by atoms with Gasteiger partial charge in [-0.1, -0.05) is 12.1 Å². The van der Waals surface area contributed by atoms with Gasteiger partial charge < -0.3 is 14.8 Å². The third-order valence-corrected chi connectivity index (χ3v) is 3.79. The number of hydrogen-bond acceptors (Lipinski definition) is 5. The van der Waals surface area contributed by atoms with Crippen molar-refractivity contribution in [3.8, 4) is 17.0 Å². The van der Waals surface area contributed by atoms with E-state index in [4.69, 9.17) is 4.74 Å². The van der Waals surface area contributed by atoms with Crippen molar-refractivity contribution >= 4 is 17.7 Å². The summed E-state index contributed by atoms with van der Waals surface area (Å²) < 4.78 is 9.74. The van der Waals surface area contributed by atoms with Crippen LogP contribution in [0.4, 0.5) is 5.82 Å². The zero-order valence-electron chi connectivity index (χ0n) is 14.3. The molecule has 0 fully saturated rings. The predicted molar refractivity (Wildman–Crippen MR) is 96.3 cm³/mol. The summed E-state index contributed by atoms with van der Waals surface area (Å²) in [6.45, 7) is 0. The van der Waals surface area contributed by atoms with Gasteiger partial charge in [0.2, 0.25) is 0 Å². The van der Waals surface area contributed by atoms with E-state index in [1.54, 1.807) is 61.7 Å². The number of anilines is 1. The Hall–Kier alpha value is -3.61. The van der Waals surface area contributed by atoms with Crippen LogP contribution >= 0.6 is 0 Å². The molecule has 132 valence electrons. The maximum atomic E-state index is 12.3. The molecule has 26 heavy (non-hydrogen) atoms. The first-order valence-electron chi connectivity index (χ1n) is 7.80. The molecule has 0 aliphatic carbocycles. The SMILES string of the molecule is COC(=O)c1ccc(-c2cc(NC(=O)c3ccc(OC)cc3)n[nH]2)cc1. The molecular formula is C19H17N3O4. The van der Waals surface area contributed by atoms with Crippen LogP contribution in [0.25, 0.3) is 11.3 Å². The smallest absolute Gasteiger partial charge is 0.337 e. The molecule has 1 aromatic heterocycles. The summed E-state index contributed by atoms with van der Waals surface area (Å²) in [5.74, 6) is 0.414. The number of rotatable bonds is 5. The van der Waals surface area contributed by atoms with Gasteiger partial charge in [-0.25, -0.2) is 4.79 Å². The summed E-state index contributed by atoms with van der Waals surface area (Å²) in [5, 5.41) is 9.68. The number of amides is 1. The predicted octanol–water partition coefficient (Wildman–Crippen LogP) is 3.12. The number of nitrogens with zero attached hydrogens (tertiary/aromatic N) is 1. The van der Waals surface area contributed by atoms with Crippen molar-refractivity contribution in [2.45, 2.75) is 0 Å². The van der Waals surface area contributed by atoms with Gasteiger partial charge in [0.05, 0.1) is 25.5 Å². The van der Waals surface area contributed by atoms with Crippen LogP contribution in [0.2, 0.25) is 0 Å². The average Bonchev–Trinajstić information content (AvgIpc) is 3.16. The molecular weight excluding hydrogens is 334 g/mol. The third kappa shape index (κ3) is 3.72. The van der Waals surface area contributed by atoms with Crippen LogP contribution in [0.1, 0.15) is 20.7 Å². The number of aromatic nitrogens is 2. The summed E-state index contributed by atoms with van der Waals surface area (Å²) in [4.78, 5) is 23.7. The van der Waals surface area contributed by atoms with Crippen LogP contribution in [0.15, 0.2) is 54.6 Å². The van der Waals surface area contributed by atoms with Gasteiger partial charge >= 0.3 is 5.97 Å². The number of H-pyrrole nitrogens is 1. The van der Waals surface area contributed by atoms with Crippen molar-refractivity contribution < 1.29 is 19.1 Å².